The lowest BCUT2D eigenvalue weighted by Crippen LogP contribution is -2.09. The van der Waals surface area contributed by atoms with Gasteiger partial charge >= 0.3 is 5.97 Å². The summed E-state index contributed by atoms with van der Waals surface area (Å²) in [5, 5.41) is 0. The summed E-state index contributed by atoms with van der Waals surface area (Å²) >= 11 is 3.42. The molecule has 7 heteroatoms. The van der Waals surface area contributed by atoms with Gasteiger partial charge in [0.25, 0.3) is 0 Å². The molecule has 0 saturated heterocycles. The second kappa shape index (κ2) is 6.85. The Morgan fingerprint density at radius 3 is 2.48 bits per heavy atom. The molecule has 2 aromatic carbocycles. The van der Waals surface area contributed by atoms with Crippen molar-refractivity contribution in [1.82, 2.24) is 14.5 Å². The molecule has 0 amide bonds. The van der Waals surface area contributed by atoms with Crippen LogP contribution in [0.2, 0.25) is 0 Å². The number of nitrogen functional groups attached to an aromatic ring is 1. The van der Waals surface area contributed by atoms with Gasteiger partial charge in [-0.05, 0) is 36.4 Å². The third kappa shape index (κ3) is 2.96. The van der Waals surface area contributed by atoms with Crippen molar-refractivity contribution in [2.24, 2.45) is 0 Å². The van der Waals surface area contributed by atoms with Crippen LogP contribution in [-0.2, 0) is 4.74 Å². The van der Waals surface area contributed by atoms with Gasteiger partial charge in [-0.15, -0.1) is 0 Å². The quantitative estimate of drug-likeness (QED) is 0.392. The van der Waals surface area contributed by atoms with Crippen LogP contribution in [0, 0.1) is 0 Å². The van der Waals surface area contributed by atoms with Crippen LogP contribution in [0.5, 0.6) is 0 Å². The number of fused-ring (bicyclic) bond motifs is 2. The van der Waals surface area contributed by atoms with E-state index in [2.05, 4.69) is 27.5 Å². The molecule has 2 heterocycles. The van der Waals surface area contributed by atoms with Crippen molar-refractivity contribution in [2.45, 2.75) is 0 Å². The molecule has 0 bridgehead atoms. The van der Waals surface area contributed by atoms with Gasteiger partial charge in [-0.3, -0.25) is 4.57 Å². The largest absolute Gasteiger partial charge is 0.458 e. The normalized spacial score (nSPS) is 11.0. The predicted octanol–water partition coefficient (Wildman–Crippen LogP) is 4.26. The summed E-state index contributed by atoms with van der Waals surface area (Å²) in [6.45, 7) is 3.65. The Bertz CT molecular complexity index is 1180. The smallest absolute Gasteiger partial charge is 0.344 e. The van der Waals surface area contributed by atoms with E-state index in [0.29, 0.717) is 22.2 Å². The van der Waals surface area contributed by atoms with E-state index in [9.17, 15) is 4.79 Å². The maximum absolute atomic E-state index is 12.6. The van der Waals surface area contributed by atoms with E-state index in [1.807, 2.05) is 48.5 Å². The van der Waals surface area contributed by atoms with Gasteiger partial charge in [-0.2, -0.15) is 0 Å². The van der Waals surface area contributed by atoms with Crippen LogP contribution in [0.1, 0.15) is 10.4 Å². The first kappa shape index (κ1) is 17.2. The highest BCUT2D eigenvalue weighted by Gasteiger charge is 2.25. The zero-order valence-corrected chi connectivity index (χ0v) is 15.8. The van der Waals surface area contributed by atoms with E-state index in [1.165, 1.54) is 6.08 Å². The summed E-state index contributed by atoms with van der Waals surface area (Å²) in [4.78, 5) is 22.0. The van der Waals surface area contributed by atoms with E-state index in [1.54, 1.807) is 4.57 Å². The number of ether oxygens (including phenoxy) is 1. The van der Waals surface area contributed by atoms with E-state index in [4.69, 9.17) is 15.5 Å². The molecule has 0 fully saturated rings. The van der Waals surface area contributed by atoms with Crippen LogP contribution in [0.3, 0.4) is 0 Å². The monoisotopic (exact) mass is 422 g/mol. The van der Waals surface area contributed by atoms with Gasteiger partial charge in [0.05, 0.1) is 11.0 Å². The van der Waals surface area contributed by atoms with Crippen LogP contribution in [0.25, 0.3) is 27.9 Å². The first-order valence-electron chi connectivity index (χ1n) is 8.21. The number of nitrogens with two attached hydrogens (primary N) is 1. The summed E-state index contributed by atoms with van der Waals surface area (Å²) < 4.78 is 7.87. The molecule has 0 unspecified atom stereocenters. The predicted molar refractivity (Wildman–Crippen MR) is 109 cm³/mol. The average molecular weight is 423 g/mol. The summed E-state index contributed by atoms with van der Waals surface area (Å²) in [7, 11) is 0. The molecule has 4 rings (SSSR count). The number of esters is 1. The highest BCUT2D eigenvalue weighted by Crippen LogP contribution is 2.31. The molecular weight excluding hydrogens is 408 g/mol. The van der Waals surface area contributed by atoms with Crippen molar-refractivity contribution in [3.63, 3.8) is 0 Å². The zero-order chi connectivity index (χ0) is 19.0. The topological polar surface area (TPSA) is 83.0 Å². The molecule has 2 N–H and O–H groups in total. The Kier molecular flexibility index (Phi) is 4.37. The van der Waals surface area contributed by atoms with Crippen molar-refractivity contribution >= 4 is 49.9 Å². The maximum Gasteiger partial charge on any atom is 0.344 e. The summed E-state index contributed by atoms with van der Waals surface area (Å²) in [5.41, 5.74) is 9.64. The minimum absolute atomic E-state index is 0.0875. The van der Waals surface area contributed by atoms with E-state index in [-0.39, 0.29) is 18.0 Å². The van der Waals surface area contributed by atoms with Gasteiger partial charge in [-0.1, -0.05) is 40.7 Å². The first-order chi connectivity index (χ1) is 13.1. The van der Waals surface area contributed by atoms with Crippen LogP contribution in [0.4, 0.5) is 5.82 Å². The molecule has 27 heavy (non-hydrogen) atoms. The number of rotatable bonds is 4. The number of anilines is 1. The molecule has 0 spiro atoms. The Morgan fingerprint density at radius 1 is 1.15 bits per heavy atom. The second-order valence-corrected chi connectivity index (χ2v) is 6.76. The van der Waals surface area contributed by atoms with Gasteiger partial charge in [0.2, 0.25) is 0 Å². The summed E-state index contributed by atoms with van der Waals surface area (Å²) in [6, 6.07) is 15.0. The fourth-order valence-electron chi connectivity index (χ4n) is 2.92. The molecular formula is C20H15BrN4O2. The fraction of sp³-hybridized carbons (Fsp3) is 0.0500. The van der Waals surface area contributed by atoms with Gasteiger partial charge in [-0.25, -0.2) is 14.8 Å². The van der Waals surface area contributed by atoms with Crippen molar-refractivity contribution in [3.8, 4) is 5.69 Å². The number of aromatic nitrogens is 3. The number of halogens is 1. The molecule has 0 aliphatic rings. The van der Waals surface area contributed by atoms with Gasteiger partial charge in [0, 0.05) is 10.2 Å². The lowest BCUT2D eigenvalue weighted by Gasteiger charge is -2.08. The van der Waals surface area contributed by atoms with Gasteiger partial charge in [0.15, 0.2) is 5.65 Å². The second-order valence-electron chi connectivity index (χ2n) is 5.84. The number of carbonyl (C=O) groups is 1. The zero-order valence-electron chi connectivity index (χ0n) is 14.2. The van der Waals surface area contributed by atoms with E-state index < -0.39 is 5.97 Å². The minimum Gasteiger partial charge on any atom is -0.458 e. The number of hydrogen-bond acceptors (Lipinski definition) is 5. The molecule has 4 aromatic rings. The lowest BCUT2D eigenvalue weighted by molar-refractivity contribution is 0.0553. The number of carbonyl (C=O) groups excluding carboxylic acids is 1. The number of hydrogen-bond donors (Lipinski definition) is 1. The third-order valence-electron chi connectivity index (χ3n) is 4.12. The standard InChI is InChI=1S/C20H15BrN4O2/c1-2-11-27-20(26)16-17-19(24-15-6-4-3-5-14(15)23-17)25(18(16)22)13-9-7-12(21)8-10-13/h2-10H,1,11,22H2. The first-order valence-corrected chi connectivity index (χ1v) is 9.00. The molecule has 6 nitrogen and oxygen atoms in total. The van der Waals surface area contributed by atoms with E-state index in [0.717, 1.165) is 10.2 Å². The molecule has 0 aliphatic heterocycles. The Hall–Kier alpha value is -3.19. The molecule has 2 aromatic heterocycles. The lowest BCUT2D eigenvalue weighted by atomic mass is 10.2. The van der Waals surface area contributed by atoms with Gasteiger partial charge in [0.1, 0.15) is 23.5 Å². The van der Waals surface area contributed by atoms with Crippen molar-refractivity contribution < 1.29 is 9.53 Å². The SMILES string of the molecule is C=CCOC(=O)c1c(N)n(-c2ccc(Br)cc2)c2nc3ccccc3nc12. The van der Waals surface area contributed by atoms with Crippen LogP contribution >= 0.6 is 15.9 Å². The summed E-state index contributed by atoms with van der Waals surface area (Å²) in [6.07, 6.45) is 1.50. The number of para-hydroxylation sites is 2. The Labute approximate surface area is 163 Å². The van der Waals surface area contributed by atoms with E-state index >= 15 is 0 Å². The molecule has 0 saturated carbocycles. The molecule has 134 valence electrons. The summed E-state index contributed by atoms with van der Waals surface area (Å²) in [5.74, 6) is -0.325. The average Bonchev–Trinajstić information content (AvgIpc) is 2.96. The fourth-order valence-corrected chi connectivity index (χ4v) is 3.19. The Balaban J connectivity index is 2.05. The van der Waals surface area contributed by atoms with Crippen molar-refractivity contribution in [1.29, 1.82) is 0 Å². The number of nitrogens with zero attached hydrogens (tertiary/aromatic N) is 3. The molecule has 0 atom stereocenters. The molecule has 0 radical (unpaired) electrons. The highest BCUT2D eigenvalue weighted by atomic mass is 79.9. The van der Waals surface area contributed by atoms with Crippen LogP contribution in [-0.4, -0.2) is 27.1 Å². The maximum atomic E-state index is 12.6. The van der Waals surface area contributed by atoms with Crippen molar-refractivity contribution in [3.05, 3.63) is 71.2 Å². The highest BCUT2D eigenvalue weighted by molar-refractivity contribution is 9.10. The minimum atomic E-state index is -0.558. The van der Waals surface area contributed by atoms with Crippen LogP contribution in [0.15, 0.2) is 65.7 Å². The molecule has 0 aliphatic carbocycles. The third-order valence-corrected chi connectivity index (χ3v) is 4.65. The van der Waals surface area contributed by atoms with Crippen LogP contribution < -0.4 is 5.73 Å². The Morgan fingerprint density at radius 2 is 1.81 bits per heavy atom. The van der Waals surface area contributed by atoms with Gasteiger partial charge < -0.3 is 10.5 Å². The number of benzene rings is 2. The van der Waals surface area contributed by atoms with Crippen molar-refractivity contribution in [2.75, 3.05) is 12.3 Å².